The van der Waals surface area contributed by atoms with Crippen molar-refractivity contribution in [3.8, 4) is 0 Å². The Morgan fingerprint density at radius 1 is 1.11 bits per heavy atom. The minimum absolute atomic E-state index is 0.114. The summed E-state index contributed by atoms with van der Waals surface area (Å²) < 4.78 is 31.8. The molecule has 2 fully saturated rings. The number of ether oxygens (including phenoxy) is 1. The second kappa shape index (κ2) is 7.95. The molecule has 8 nitrogen and oxygen atoms in total. The zero-order valence-electron chi connectivity index (χ0n) is 15.2. The van der Waals surface area contributed by atoms with E-state index in [0.717, 1.165) is 6.42 Å². The number of carboxylic acid groups (broad SMARTS) is 1. The van der Waals surface area contributed by atoms with Crippen molar-refractivity contribution in [3.63, 3.8) is 0 Å². The fourth-order valence-corrected chi connectivity index (χ4v) is 4.90. The summed E-state index contributed by atoms with van der Waals surface area (Å²) in [6.07, 6.45) is 1.17. The highest BCUT2D eigenvalue weighted by molar-refractivity contribution is 7.89. The molecule has 2 aliphatic heterocycles. The van der Waals surface area contributed by atoms with E-state index in [-0.39, 0.29) is 22.3 Å². The van der Waals surface area contributed by atoms with E-state index in [1.807, 2.05) is 6.92 Å². The molecule has 0 bridgehead atoms. The standard InChI is InChI=1S/C18H24N2O6S/c1-13-6-7-20(16(12-13)18(22)23)17(21)14-2-4-15(5-3-14)27(24,25)19-8-10-26-11-9-19/h2-5,13,16H,6-12H2,1H3,(H,22,23). The van der Waals surface area contributed by atoms with Crippen LogP contribution < -0.4 is 0 Å². The molecular formula is C18H24N2O6S. The van der Waals surface area contributed by atoms with E-state index in [0.29, 0.717) is 39.3 Å². The van der Waals surface area contributed by atoms with E-state index in [1.54, 1.807) is 0 Å². The number of hydrogen-bond acceptors (Lipinski definition) is 5. The maximum absolute atomic E-state index is 12.8. The molecule has 0 radical (unpaired) electrons. The lowest BCUT2D eigenvalue weighted by Gasteiger charge is -2.36. The third kappa shape index (κ3) is 4.15. The van der Waals surface area contributed by atoms with E-state index in [1.165, 1.54) is 33.5 Å². The summed E-state index contributed by atoms with van der Waals surface area (Å²) in [6.45, 7) is 3.68. The Labute approximate surface area is 158 Å². The summed E-state index contributed by atoms with van der Waals surface area (Å²) in [4.78, 5) is 25.8. The van der Waals surface area contributed by atoms with Crippen LogP contribution in [0.1, 0.15) is 30.1 Å². The number of carbonyl (C=O) groups is 2. The van der Waals surface area contributed by atoms with E-state index >= 15 is 0 Å². The van der Waals surface area contributed by atoms with Gasteiger partial charge in [-0.25, -0.2) is 13.2 Å². The summed E-state index contributed by atoms with van der Waals surface area (Å²) in [7, 11) is -3.63. The van der Waals surface area contributed by atoms with Crippen LogP contribution in [0.4, 0.5) is 0 Å². The molecular weight excluding hydrogens is 372 g/mol. The van der Waals surface area contributed by atoms with Crippen LogP contribution in [-0.2, 0) is 19.6 Å². The molecule has 3 rings (SSSR count). The van der Waals surface area contributed by atoms with Crippen molar-refractivity contribution in [2.75, 3.05) is 32.8 Å². The molecule has 9 heteroatoms. The van der Waals surface area contributed by atoms with E-state index in [9.17, 15) is 23.1 Å². The number of aliphatic carboxylic acids is 1. The Bertz CT molecular complexity index is 802. The second-order valence-corrected chi connectivity index (χ2v) is 8.96. The quantitative estimate of drug-likeness (QED) is 0.815. The highest BCUT2D eigenvalue weighted by Crippen LogP contribution is 2.25. The van der Waals surface area contributed by atoms with Gasteiger partial charge in [-0.3, -0.25) is 4.79 Å². The van der Waals surface area contributed by atoms with Crippen LogP contribution in [0.5, 0.6) is 0 Å². The Morgan fingerprint density at radius 2 is 1.74 bits per heavy atom. The Hall–Kier alpha value is -1.97. The molecule has 0 aliphatic carbocycles. The van der Waals surface area contributed by atoms with Crippen molar-refractivity contribution in [2.24, 2.45) is 5.92 Å². The molecule has 0 saturated carbocycles. The predicted octanol–water partition coefficient (Wildman–Crippen LogP) is 1.03. The van der Waals surface area contributed by atoms with E-state index in [4.69, 9.17) is 4.74 Å². The first kappa shape index (κ1) is 19.8. The molecule has 2 saturated heterocycles. The fourth-order valence-electron chi connectivity index (χ4n) is 3.49. The van der Waals surface area contributed by atoms with E-state index in [2.05, 4.69) is 0 Å². The van der Waals surface area contributed by atoms with Gasteiger partial charge in [-0.2, -0.15) is 4.31 Å². The number of benzene rings is 1. The number of likely N-dealkylation sites (tertiary alicyclic amines) is 1. The minimum Gasteiger partial charge on any atom is -0.480 e. The van der Waals surface area contributed by atoms with Gasteiger partial charge in [-0.05, 0) is 43.0 Å². The average molecular weight is 396 g/mol. The SMILES string of the molecule is CC1CCN(C(=O)c2ccc(S(=O)(=O)N3CCOCC3)cc2)C(C(=O)O)C1. The predicted molar refractivity (Wildman–Crippen MR) is 96.9 cm³/mol. The Kier molecular flexibility index (Phi) is 5.83. The van der Waals surface area contributed by atoms with Crippen LogP contribution in [0, 0.1) is 5.92 Å². The fraction of sp³-hybridized carbons (Fsp3) is 0.556. The molecule has 1 N–H and O–H groups in total. The minimum atomic E-state index is -3.63. The Balaban J connectivity index is 1.78. The number of rotatable bonds is 4. The molecule has 0 aromatic heterocycles. The maximum atomic E-state index is 12.8. The van der Waals surface area contributed by atoms with Crippen molar-refractivity contribution in [2.45, 2.75) is 30.7 Å². The van der Waals surface area contributed by atoms with Gasteiger partial charge in [0.25, 0.3) is 5.91 Å². The van der Waals surface area contributed by atoms with E-state index < -0.39 is 22.0 Å². The molecule has 0 spiro atoms. The molecule has 2 unspecified atom stereocenters. The van der Waals surface area contributed by atoms with Gasteiger partial charge >= 0.3 is 5.97 Å². The van der Waals surface area contributed by atoms with Crippen molar-refractivity contribution in [3.05, 3.63) is 29.8 Å². The number of carbonyl (C=O) groups excluding carboxylic acids is 1. The number of nitrogens with zero attached hydrogens (tertiary/aromatic N) is 2. The third-order valence-electron chi connectivity index (χ3n) is 5.12. The normalized spacial score (nSPS) is 24.6. The molecule has 1 aromatic carbocycles. The smallest absolute Gasteiger partial charge is 0.326 e. The van der Waals surface area contributed by atoms with Crippen molar-refractivity contribution in [1.29, 1.82) is 0 Å². The monoisotopic (exact) mass is 396 g/mol. The number of hydrogen-bond donors (Lipinski definition) is 1. The second-order valence-electron chi connectivity index (χ2n) is 7.02. The van der Waals surface area contributed by atoms with Gasteiger partial charge in [0.15, 0.2) is 0 Å². The largest absolute Gasteiger partial charge is 0.480 e. The first-order valence-corrected chi connectivity index (χ1v) is 10.5. The molecule has 1 aromatic rings. The van der Waals surface area contributed by atoms with Crippen LogP contribution in [0.15, 0.2) is 29.2 Å². The molecule has 2 atom stereocenters. The summed E-state index contributed by atoms with van der Waals surface area (Å²) in [5.41, 5.74) is 0.289. The molecule has 27 heavy (non-hydrogen) atoms. The lowest BCUT2D eigenvalue weighted by atomic mass is 9.92. The van der Waals surface area contributed by atoms with Crippen molar-refractivity contribution < 1.29 is 27.9 Å². The first-order valence-electron chi connectivity index (χ1n) is 9.02. The van der Waals surface area contributed by atoms with Gasteiger partial charge in [0, 0.05) is 25.2 Å². The van der Waals surface area contributed by atoms with Gasteiger partial charge in [0.05, 0.1) is 18.1 Å². The third-order valence-corrected chi connectivity index (χ3v) is 7.03. The first-order chi connectivity index (χ1) is 12.8. The van der Waals surface area contributed by atoms with Crippen LogP contribution in [0.2, 0.25) is 0 Å². The van der Waals surface area contributed by atoms with Gasteiger partial charge in [-0.15, -0.1) is 0 Å². The number of piperidine rings is 1. The van der Waals surface area contributed by atoms with Gasteiger partial charge in [0.2, 0.25) is 10.0 Å². The van der Waals surface area contributed by atoms with Gasteiger partial charge in [0.1, 0.15) is 6.04 Å². The zero-order chi connectivity index (χ0) is 19.6. The lowest BCUT2D eigenvalue weighted by Crippen LogP contribution is -2.49. The highest BCUT2D eigenvalue weighted by atomic mass is 32.2. The van der Waals surface area contributed by atoms with Crippen molar-refractivity contribution in [1.82, 2.24) is 9.21 Å². The van der Waals surface area contributed by atoms with Crippen molar-refractivity contribution >= 4 is 21.9 Å². The summed E-state index contributed by atoms with van der Waals surface area (Å²) in [5.74, 6) is -1.15. The topological polar surface area (TPSA) is 104 Å². The van der Waals surface area contributed by atoms with Crippen LogP contribution in [0.25, 0.3) is 0 Å². The summed E-state index contributed by atoms with van der Waals surface area (Å²) >= 11 is 0. The molecule has 2 aliphatic rings. The maximum Gasteiger partial charge on any atom is 0.326 e. The lowest BCUT2D eigenvalue weighted by molar-refractivity contribution is -0.144. The Morgan fingerprint density at radius 3 is 2.33 bits per heavy atom. The van der Waals surface area contributed by atoms with Crippen LogP contribution in [0.3, 0.4) is 0 Å². The average Bonchev–Trinajstić information content (AvgIpc) is 2.68. The summed E-state index contributed by atoms with van der Waals surface area (Å²) in [6, 6.07) is 4.86. The van der Waals surface area contributed by atoms with Gasteiger partial charge in [-0.1, -0.05) is 6.92 Å². The highest BCUT2D eigenvalue weighted by Gasteiger charge is 2.35. The number of sulfonamides is 1. The summed E-state index contributed by atoms with van der Waals surface area (Å²) in [5, 5.41) is 9.43. The van der Waals surface area contributed by atoms with Gasteiger partial charge < -0.3 is 14.7 Å². The van der Waals surface area contributed by atoms with Crippen LogP contribution >= 0.6 is 0 Å². The zero-order valence-corrected chi connectivity index (χ0v) is 16.0. The number of carboxylic acids is 1. The molecule has 1 amide bonds. The molecule has 148 valence electrons. The molecule has 2 heterocycles. The number of morpholine rings is 1. The number of amides is 1. The van der Waals surface area contributed by atoms with Crippen LogP contribution in [-0.4, -0.2) is 73.5 Å².